The molecule has 9 heavy (non-hydrogen) atoms. The molecule has 1 radical (unpaired) electrons. The van der Waals surface area contributed by atoms with E-state index in [4.69, 9.17) is 0 Å². The van der Waals surface area contributed by atoms with E-state index in [-0.39, 0.29) is 6.42 Å². The molecule has 0 amide bonds. The van der Waals surface area contributed by atoms with Crippen molar-refractivity contribution in [3.05, 3.63) is 0 Å². The first-order chi connectivity index (χ1) is 4.20. The van der Waals surface area contributed by atoms with Crippen molar-refractivity contribution in [3.8, 4) is 0 Å². The summed E-state index contributed by atoms with van der Waals surface area (Å²) in [6.07, 6.45) is 2.09. The minimum Gasteiger partial charge on any atom is -0.247 e. The van der Waals surface area contributed by atoms with Gasteiger partial charge in [-0.15, -0.1) is 0 Å². The predicted octanol–water partition coefficient (Wildman–Crippen LogP) is 1.77. The van der Waals surface area contributed by atoms with Gasteiger partial charge < -0.3 is 0 Å². The van der Waals surface area contributed by atoms with Crippen LogP contribution < -0.4 is 0 Å². The third-order valence-electron chi connectivity index (χ3n) is 1.61. The Balaban J connectivity index is 3.43. The van der Waals surface area contributed by atoms with Gasteiger partial charge in [0.25, 0.3) is 0 Å². The highest BCUT2D eigenvalue weighted by molar-refractivity contribution is 5.66. The second kappa shape index (κ2) is 4.36. The van der Waals surface area contributed by atoms with Gasteiger partial charge in [0, 0.05) is 0 Å². The van der Waals surface area contributed by atoms with Crippen LogP contribution >= 0.6 is 0 Å². The van der Waals surface area contributed by atoms with Gasteiger partial charge in [0.1, 0.15) is 0 Å². The van der Waals surface area contributed by atoms with E-state index in [1.54, 1.807) is 0 Å². The number of carbonyl (C=O) groups excluding carboxylic acids is 1. The summed E-state index contributed by atoms with van der Waals surface area (Å²) in [6, 6.07) is 0. The summed E-state index contributed by atoms with van der Waals surface area (Å²) in [5.41, 5.74) is 0. The van der Waals surface area contributed by atoms with Crippen molar-refractivity contribution in [2.24, 2.45) is 5.92 Å². The summed E-state index contributed by atoms with van der Waals surface area (Å²) in [4.78, 5) is 10.0. The van der Waals surface area contributed by atoms with Gasteiger partial charge in [-0.25, -0.2) is 9.90 Å². The number of rotatable bonds is 4. The van der Waals surface area contributed by atoms with Crippen molar-refractivity contribution in [3.63, 3.8) is 0 Å². The first-order valence-corrected chi connectivity index (χ1v) is 3.40. The zero-order valence-electron chi connectivity index (χ0n) is 6.02. The summed E-state index contributed by atoms with van der Waals surface area (Å²) in [6.45, 7) is 3.99. The van der Waals surface area contributed by atoms with Crippen molar-refractivity contribution in [1.29, 1.82) is 0 Å². The molecule has 0 bridgehead atoms. The molecule has 0 aromatic rings. The van der Waals surface area contributed by atoms with E-state index < -0.39 is 5.97 Å². The van der Waals surface area contributed by atoms with Gasteiger partial charge >= 0.3 is 5.97 Å². The summed E-state index contributed by atoms with van der Waals surface area (Å²) < 4.78 is 0. The van der Waals surface area contributed by atoms with E-state index >= 15 is 0 Å². The minimum absolute atomic E-state index is 0.215. The molecule has 0 saturated carbocycles. The van der Waals surface area contributed by atoms with Crippen molar-refractivity contribution >= 4 is 5.97 Å². The summed E-state index contributed by atoms with van der Waals surface area (Å²) in [7, 11) is 0. The van der Waals surface area contributed by atoms with Crippen molar-refractivity contribution < 1.29 is 9.90 Å². The molecule has 0 spiro atoms. The van der Waals surface area contributed by atoms with Gasteiger partial charge in [0.15, 0.2) is 0 Å². The first-order valence-electron chi connectivity index (χ1n) is 3.40. The lowest BCUT2D eigenvalue weighted by atomic mass is 10.00. The molecule has 0 aliphatic rings. The van der Waals surface area contributed by atoms with Gasteiger partial charge in [-0.3, -0.25) is 0 Å². The maximum Gasteiger partial charge on any atom is 0.355 e. The van der Waals surface area contributed by atoms with Crippen molar-refractivity contribution in [2.45, 2.75) is 33.1 Å². The molecule has 0 aromatic carbocycles. The Morgan fingerprint density at radius 3 is 1.89 bits per heavy atom. The van der Waals surface area contributed by atoms with Crippen LogP contribution in [0.1, 0.15) is 33.1 Å². The Bertz CT molecular complexity index is 84.9. The van der Waals surface area contributed by atoms with E-state index in [1.165, 1.54) is 0 Å². The quantitative estimate of drug-likeness (QED) is 0.570. The van der Waals surface area contributed by atoms with Crippen LogP contribution in [0, 0.1) is 5.92 Å². The van der Waals surface area contributed by atoms with Crippen LogP contribution in [-0.4, -0.2) is 5.97 Å². The lowest BCUT2D eigenvalue weighted by molar-refractivity contribution is -0.144. The minimum atomic E-state index is -0.927. The highest BCUT2D eigenvalue weighted by atomic mass is 16.4. The molecule has 0 N–H and O–H groups in total. The van der Waals surface area contributed by atoms with Gasteiger partial charge in [0.2, 0.25) is 0 Å². The summed E-state index contributed by atoms with van der Waals surface area (Å²) in [5.74, 6) is -0.612. The molecule has 0 saturated heterocycles. The Kier molecular flexibility index (Phi) is 4.10. The highest BCUT2D eigenvalue weighted by Crippen LogP contribution is 2.11. The molecule has 0 aliphatic heterocycles. The second-order valence-electron chi connectivity index (χ2n) is 2.26. The van der Waals surface area contributed by atoms with Crippen LogP contribution in [0.4, 0.5) is 0 Å². The molecule has 2 heteroatoms. The van der Waals surface area contributed by atoms with Crippen molar-refractivity contribution in [2.75, 3.05) is 0 Å². The molecular weight excluding hydrogens is 116 g/mol. The topological polar surface area (TPSA) is 37.0 Å². The van der Waals surface area contributed by atoms with Gasteiger partial charge in [0.05, 0.1) is 6.42 Å². The number of carbonyl (C=O) groups is 1. The van der Waals surface area contributed by atoms with Crippen LogP contribution in [0.3, 0.4) is 0 Å². The molecule has 0 atom stereocenters. The fraction of sp³-hybridized carbons (Fsp3) is 0.857. The van der Waals surface area contributed by atoms with E-state index in [2.05, 4.69) is 0 Å². The van der Waals surface area contributed by atoms with E-state index in [1.807, 2.05) is 13.8 Å². The second-order valence-corrected chi connectivity index (χ2v) is 2.26. The fourth-order valence-electron chi connectivity index (χ4n) is 0.813. The normalized spacial score (nSPS) is 10.1. The molecule has 0 aromatic heterocycles. The van der Waals surface area contributed by atoms with Crippen LogP contribution in [0.15, 0.2) is 0 Å². The lowest BCUT2D eigenvalue weighted by Gasteiger charge is -2.05. The van der Waals surface area contributed by atoms with E-state index in [9.17, 15) is 9.90 Å². The Morgan fingerprint density at radius 2 is 1.78 bits per heavy atom. The zero-order valence-corrected chi connectivity index (χ0v) is 6.02. The predicted molar refractivity (Wildman–Crippen MR) is 34.4 cm³/mol. The smallest absolute Gasteiger partial charge is 0.247 e. The molecule has 0 aliphatic carbocycles. The monoisotopic (exact) mass is 129 g/mol. The number of hydrogen-bond acceptors (Lipinski definition) is 1. The standard InChI is InChI=1S/C7H13O2/c1-3-6(4-2)5-7(8)9/h6H,3-5H2,1-2H3. The molecule has 0 unspecified atom stereocenters. The highest BCUT2D eigenvalue weighted by Gasteiger charge is 2.08. The average Bonchev–Trinajstić information content (AvgIpc) is 1.82. The summed E-state index contributed by atoms with van der Waals surface area (Å²) in [5, 5.41) is 10.0. The average molecular weight is 129 g/mol. The van der Waals surface area contributed by atoms with Gasteiger partial charge in [-0.2, -0.15) is 0 Å². The maximum absolute atomic E-state index is 10.0. The molecule has 0 rings (SSSR count). The SMILES string of the molecule is CCC(CC)CC([O])=O. The van der Waals surface area contributed by atoms with Crippen LogP contribution in [0.2, 0.25) is 0 Å². The van der Waals surface area contributed by atoms with E-state index in [0.29, 0.717) is 5.92 Å². The molecule has 0 fully saturated rings. The lowest BCUT2D eigenvalue weighted by Crippen LogP contribution is -2.03. The fourth-order valence-corrected chi connectivity index (χ4v) is 0.813. The van der Waals surface area contributed by atoms with Crippen LogP contribution in [-0.2, 0) is 9.90 Å². The third-order valence-corrected chi connectivity index (χ3v) is 1.61. The Hall–Kier alpha value is -0.530. The Labute approximate surface area is 55.9 Å². The van der Waals surface area contributed by atoms with Gasteiger partial charge in [-0.1, -0.05) is 26.7 Å². The zero-order chi connectivity index (χ0) is 7.28. The van der Waals surface area contributed by atoms with Gasteiger partial charge in [-0.05, 0) is 5.92 Å². The molecular formula is C7H13O2. The molecule has 2 nitrogen and oxygen atoms in total. The largest absolute Gasteiger partial charge is 0.355 e. The molecule has 53 valence electrons. The Morgan fingerprint density at radius 1 is 1.33 bits per heavy atom. The van der Waals surface area contributed by atoms with Crippen LogP contribution in [0.5, 0.6) is 0 Å². The maximum atomic E-state index is 10.0. The van der Waals surface area contributed by atoms with Crippen LogP contribution in [0.25, 0.3) is 0 Å². The van der Waals surface area contributed by atoms with Crippen molar-refractivity contribution in [1.82, 2.24) is 0 Å². The number of hydrogen-bond donors (Lipinski definition) is 0. The van der Waals surface area contributed by atoms with E-state index in [0.717, 1.165) is 12.8 Å². The summed E-state index contributed by atoms with van der Waals surface area (Å²) >= 11 is 0. The molecule has 0 heterocycles. The first kappa shape index (κ1) is 8.47. The third kappa shape index (κ3) is 4.01.